The summed E-state index contributed by atoms with van der Waals surface area (Å²) in [6.07, 6.45) is 0. The fraction of sp³-hybridized carbons (Fsp3) is 0.200. The van der Waals surface area contributed by atoms with Crippen molar-refractivity contribution in [1.82, 2.24) is 5.32 Å². The van der Waals surface area contributed by atoms with Gasteiger partial charge in [-0.25, -0.2) is 0 Å². The summed E-state index contributed by atoms with van der Waals surface area (Å²) in [6.45, 7) is 2.45. The minimum Gasteiger partial charge on any atom is -0.606 e. The zero-order valence-corrected chi connectivity index (χ0v) is 19.4. The Morgan fingerprint density at radius 2 is 1.82 bits per heavy atom. The van der Waals surface area contributed by atoms with Gasteiger partial charge in [-0.05, 0) is 55.5 Å². The molecule has 170 valence electrons. The van der Waals surface area contributed by atoms with Crippen LogP contribution in [0.4, 0.5) is 5.69 Å². The number of carbonyl (C=O) groups is 2. The number of fused-ring (bicyclic) bond motifs is 2. The highest BCUT2D eigenvalue weighted by molar-refractivity contribution is 7.91. The third-order valence-electron chi connectivity index (χ3n) is 5.52. The number of nitrogens with zero attached hydrogens (tertiary/aromatic N) is 1. The largest absolute Gasteiger partial charge is 0.606 e. The van der Waals surface area contributed by atoms with Crippen LogP contribution in [0, 0.1) is 0 Å². The molecule has 33 heavy (non-hydrogen) atoms. The molecule has 4 rings (SSSR count). The molecule has 1 N–H and O–H groups in total. The summed E-state index contributed by atoms with van der Waals surface area (Å²) >= 11 is -1.54. The number of hydrogen-bond acceptors (Lipinski definition) is 5. The quantitative estimate of drug-likeness (QED) is 0.561. The zero-order chi connectivity index (χ0) is 23.5. The summed E-state index contributed by atoms with van der Waals surface area (Å²) in [4.78, 5) is 28.7. The number of anilines is 1. The van der Waals surface area contributed by atoms with Crippen LogP contribution in [0.25, 0.3) is 0 Å². The average molecular weight is 465 g/mol. The van der Waals surface area contributed by atoms with E-state index in [1.54, 1.807) is 79.8 Å². The number of carbonyl (C=O) groups excluding carboxylic acids is 2. The minimum atomic E-state index is -1.54. The molecule has 7 nitrogen and oxygen atoms in total. The molecule has 0 radical (unpaired) electrons. The van der Waals surface area contributed by atoms with Crippen molar-refractivity contribution in [2.45, 2.75) is 23.3 Å². The molecule has 0 fully saturated rings. The summed E-state index contributed by atoms with van der Waals surface area (Å²) in [5.74, 6) is 0.732. The number of methoxy groups -OCH3 is 2. The van der Waals surface area contributed by atoms with Crippen molar-refractivity contribution in [2.75, 3.05) is 25.7 Å². The summed E-state index contributed by atoms with van der Waals surface area (Å²) in [7, 11) is 3.14. The molecule has 2 amide bonds. The molecule has 3 aromatic carbocycles. The topological polar surface area (TPSA) is 90.9 Å². The van der Waals surface area contributed by atoms with E-state index in [0.29, 0.717) is 44.6 Å². The van der Waals surface area contributed by atoms with Crippen LogP contribution in [-0.2, 0) is 17.7 Å². The first-order chi connectivity index (χ1) is 16.0. The molecule has 0 spiro atoms. The van der Waals surface area contributed by atoms with E-state index in [-0.39, 0.29) is 18.4 Å². The first kappa shape index (κ1) is 22.7. The van der Waals surface area contributed by atoms with Gasteiger partial charge in [0.15, 0.2) is 9.79 Å². The van der Waals surface area contributed by atoms with Crippen LogP contribution in [0.5, 0.6) is 11.5 Å². The first-order valence-electron chi connectivity index (χ1n) is 10.4. The van der Waals surface area contributed by atoms with Crippen molar-refractivity contribution in [3.8, 4) is 11.5 Å². The molecule has 1 heterocycles. The molecule has 8 heteroatoms. The number of hydrogen-bond donors (Lipinski definition) is 1. The van der Waals surface area contributed by atoms with E-state index >= 15 is 0 Å². The van der Waals surface area contributed by atoms with Gasteiger partial charge in [0.25, 0.3) is 11.8 Å². The van der Waals surface area contributed by atoms with E-state index < -0.39 is 11.2 Å². The molecular weight excluding hydrogens is 440 g/mol. The lowest BCUT2D eigenvalue weighted by Gasteiger charge is -2.20. The van der Waals surface area contributed by atoms with Gasteiger partial charge in [-0.1, -0.05) is 12.1 Å². The molecule has 1 atom stereocenters. The molecule has 0 aliphatic carbocycles. The Balaban J connectivity index is 1.64. The molecule has 0 aromatic heterocycles. The van der Waals surface area contributed by atoms with Crippen LogP contribution < -0.4 is 19.7 Å². The van der Waals surface area contributed by atoms with Crippen molar-refractivity contribution in [1.29, 1.82) is 0 Å². The van der Waals surface area contributed by atoms with E-state index in [1.807, 2.05) is 6.92 Å². The SMILES string of the molecule is CCN1C(=O)c2ccccc2[S+]([O-])c2ccc(C(=O)NCc3cc(OC)ccc3OC)cc21. The number of amides is 2. The van der Waals surface area contributed by atoms with Crippen LogP contribution in [0.15, 0.2) is 70.5 Å². The third-order valence-corrected chi connectivity index (χ3v) is 7.02. The Bertz CT molecular complexity index is 1210. The van der Waals surface area contributed by atoms with Gasteiger partial charge in [-0.2, -0.15) is 0 Å². The highest BCUT2D eigenvalue weighted by Crippen LogP contribution is 2.37. The van der Waals surface area contributed by atoms with Crippen LogP contribution >= 0.6 is 0 Å². The Labute approximate surface area is 195 Å². The predicted molar refractivity (Wildman–Crippen MR) is 126 cm³/mol. The fourth-order valence-corrected chi connectivity index (χ4v) is 5.16. The van der Waals surface area contributed by atoms with Crippen LogP contribution in [0.1, 0.15) is 33.2 Å². The number of ether oxygens (including phenoxy) is 2. The van der Waals surface area contributed by atoms with Crippen molar-refractivity contribution >= 4 is 28.7 Å². The fourth-order valence-electron chi connectivity index (χ4n) is 3.82. The van der Waals surface area contributed by atoms with Crippen molar-refractivity contribution in [3.63, 3.8) is 0 Å². The lowest BCUT2D eigenvalue weighted by molar-refractivity contribution is 0.0947. The summed E-state index contributed by atoms with van der Waals surface area (Å²) < 4.78 is 23.9. The monoisotopic (exact) mass is 464 g/mol. The second-order valence-electron chi connectivity index (χ2n) is 7.36. The van der Waals surface area contributed by atoms with E-state index in [1.165, 1.54) is 0 Å². The van der Waals surface area contributed by atoms with Gasteiger partial charge in [0, 0.05) is 35.4 Å². The van der Waals surface area contributed by atoms with Gasteiger partial charge in [-0.3, -0.25) is 9.59 Å². The van der Waals surface area contributed by atoms with Crippen LogP contribution in [-0.4, -0.2) is 37.1 Å². The normalized spacial score (nSPS) is 14.7. The number of rotatable bonds is 6. The van der Waals surface area contributed by atoms with Crippen molar-refractivity contribution in [2.24, 2.45) is 0 Å². The van der Waals surface area contributed by atoms with Gasteiger partial charge < -0.3 is 24.2 Å². The second kappa shape index (κ2) is 9.56. The van der Waals surface area contributed by atoms with E-state index in [4.69, 9.17) is 9.47 Å². The molecule has 3 aromatic rings. The van der Waals surface area contributed by atoms with E-state index in [0.717, 1.165) is 5.56 Å². The van der Waals surface area contributed by atoms with Crippen LogP contribution in [0.3, 0.4) is 0 Å². The highest BCUT2D eigenvalue weighted by Gasteiger charge is 2.35. The standard InChI is InChI=1S/C25H24N2O5S/c1-4-27-20-14-16(24(28)26-15-17-13-18(31-2)10-11-21(17)32-3)9-12-23(20)33(30)22-8-6-5-7-19(22)25(27)29/h5-14H,4,15H2,1-3H3,(H,26,28). The highest BCUT2D eigenvalue weighted by atomic mass is 32.2. The van der Waals surface area contributed by atoms with Gasteiger partial charge >= 0.3 is 0 Å². The molecule has 0 saturated carbocycles. The molecular formula is C25H24N2O5S. The Hall–Kier alpha value is -3.49. The van der Waals surface area contributed by atoms with E-state index in [9.17, 15) is 14.1 Å². The lowest BCUT2D eigenvalue weighted by atomic mass is 10.1. The van der Waals surface area contributed by atoms with Gasteiger partial charge in [-0.15, -0.1) is 0 Å². The second-order valence-corrected chi connectivity index (χ2v) is 8.77. The van der Waals surface area contributed by atoms with Gasteiger partial charge in [0.2, 0.25) is 0 Å². The Morgan fingerprint density at radius 3 is 2.55 bits per heavy atom. The maximum absolute atomic E-state index is 13.3. The van der Waals surface area contributed by atoms with Gasteiger partial charge in [0.05, 0.1) is 19.8 Å². The lowest BCUT2D eigenvalue weighted by Crippen LogP contribution is -2.31. The van der Waals surface area contributed by atoms with Crippen molar-refractivity contribution in [3.05, 3.63) is 77.4 Å². The average Bonchev–Trinajstić information content (AvgIpc) is 2.94. The van der Waals surface area contributed by atoms with E-state index in [2.05, 4.69) is 5.32 Å². The summed E-state index contributed by atoms with van der Waals surface area (Å²) in [5.41, 5.74) is 2.01. The number of nitrogens with one attached hydrogen (secondary N) is 1. The van der Waals surface area contributed by atoms with Crippen LogP contribution in [0.2, 0.25) is 0 Å². The Kier molecular flexibility index (Phi) is 6.57. The molecule has 0 saturated heterocycles. The first-order valence-corrected chi connectivity index (χ1v) is 11.6. The van der Waals surface area contributed by atoms with Crippen molar-refractivity contribution < 1.29 is 23.6 Å². The maximum atomic E-state index is 13.3. The predicted octanol–water partition coefficient (Wildman–Crippen LogP) is 3.78. The summed E-state index contributed by atoms with van der Waals surface area (Å²) in [6, 6.07) is 17.2. The summed E-state index contributed by atoms with van der Waals surface area (Å²) in [5, 5.41) is 2.88. The molecule has 1 aliphatic heterocycles. The van der Waals surface area contributed by atoms with Gasteiger partial charge in [0.1, 0.15) is 17.2 Å². The smallest absolute Gasteiger partial charge is 0.263 e. The zero-order valence-electron chi connectivity index (χ0n) is 18.6. The molecule has 1 aliphatic rings. The third kappa shape index (κ3) is 4.27. The molecule has 1 unspecified atom stereocenters. The number of benzene rings is 3. The Morgan fingerprint density at radius 1 is 1.03 bits per heavy atom. The minimum absolute atomic E-state index is 0.226. The maximum Gasteiger partial charge on any atom is 0.263 e. The molecule has 0 bridgehead atoms.